The molecule has 1 aromatic carbocycles. The van der Waals surface area contributed by atoms with Crippen molar-refractivity contribution in [1.82, 2.24) is 0 Å². The first-order valence-electron chi connectivity index (χ1n) is 4.37. The van der Waals surface area contributed by atoms with Gasteiger partial charge in [-0.15, -0.1) is 0 Å². The maximum absolute atomic E-state index is 9.98. The fraction of sp³-hybridized carbons (Fsp3) is 0.364. The van der Waals surface area contributed by atoms with Gasteiger partial charge in [-0.3, -0.25) is 0 Å². The summed E-state index contributed by atoms with van der Waals surface area (Å²) in [6, 6.07) is 3.81. The number of benzene rings is 1. The Balaban J connectivity index is 3.10. The lowest BCUT2D eigenvalue weighted by atomic mass is 10.0. The van der Waals surface area contributed by atoms with Crippen LogP contribution in [0.5, 0.6) is 5.75 Å². The predicted molar refractivity (Wildman–Crippen MR) is 54.3 cm³/mol. The summed E-state index contributed by atoms with van der Waals surface area (Å²) in [4.78, 5) is 13.5. The molecule has 0 bridgehead atoms. The summed E-state index contributed by atoms with van der Waals surface area (Å²) in [5, 5.41) is 0. The van der Waals surface area contributed by atoms with Gasteiger partial charge in [0.2, 0.25) is 6.08 Å². The van der Waals surface area contributed by atoms with Crippen LogP contribution < -0.4 is 4.74 Å². The van der Waals surface area contributed by atoms with Crippen LogP contribution in [0.25, 0.3) is 0 Å². The molecule has 0 N–H and O–H groups in total. The number of isocyanates is 1. The van der Waals surface area contributed by atoms with Gasteiger partial charge in [-0.05, 0) is 36.6 Å². The molecule has 14 heavy (non-hydrogen) atoms. The van der Waals surface area contributed by atoms with Crippen LogP contribution in [-0.4, -0.2) is 13.2 Å². The molecule has 0 aliphatic rings. The maximum atomic E-state index is 9.98. The van der Waals surface area contributed by atoms with Crippen LogP contribution in [0, 0.1) is 13.8 Å². The average molecular weight is 191 g/mol. The molecule has 3 nitrogen and oxygen atoms in total. The Hall–Kier alpha value is -1.60. The first-order chi connectivity index (χ1) is 6.70. The summed E-state index contributed by atoms with van der Waals surface area (Å²) in [5.41, 5.74) is 3.24. The van der Waals surface area contributed by atoms with E-state index in [-0.39, 0.29) is 0 Å². The van der Waals surface area contributed by atoms with Gasteiger partial charge in [0, 0.05) is 0 Å². The Morgan fingerprint density at radius 1 is 1.36 bits per heavy atom. The topological polar surface area (TPSA) is 38.7 Å². The van der Waals surface area contributed by atoms with E-state index in [9.17, 15) is 4.79 Å². The van der Waals surface area contributed by atoms with Crippen LogP contribution in [0.2, 0.25) is 0 Å². The number of carbonyl (C=O) groups excluding carboxylic acids is 1. The van der Waals surface area contributed by atoms with Gasteiger partial charge in [-0.2, -0.15) is 0 Å². The van der Waals surface area contributed by atoms with Crippen LogP contribution in [0.15, 0.2) is 17.1 Å². The number of rotatable bonds is 3. The third-order valence-corrected chi connectivity index (χ3v) is 2.38. The van der Waals surface area contributed by atoms with Crippen LogP contribution in [0.4, 0.5) is 0 Å². The van der Waals surface area contributed by atoms with Crippen LogP contribution in [-0.2, 0) is 11.3 Å². The number of hydrogen-bond acceptors (Lipinski definition) is 3. The van der Waals surface area contributed by atoms with Crippen LogP contribution in [0.1, 0.15) is 16.7 Å². The summed E-state index contributed by atoms with van der Waals surface area (Å²) in [6.45, 7) is 4.37. The molecular formula is C11H13NO2. The lowest BCUT2D eigenvalue weighted by molar-refractivity contribution is 0.411. The van der Waals surface area contributed by atoms with E-state index < -0.39 is 0 Å². The molecule has 1 rings (SSSR count). The molecule has 0 aliphatic carbocycles. The van der Waals surface area contributed by atoms with Gasteiger partial charge in [0.25, 0.3) is 0 Å². The highest BCUT2D eigenvalue weighted by Crippen LogP contribution is 2.24. The minimum atomic E-state index is 0.389. The number of nitrogens with zero attached hydrogens (tertiary/aromatic N) is 1. The van der Waals surface area contributed by atoms with Crippen molar-refractivity contribution < 1.29 is 9.53 Å². The highest BCUT2D eigenvalue weighted by Gasteiger charge is 2.05. The fourth-order valence-electron chi connectivity index (χ4n) is 1.36. The smallest absolute Gasteiger partial charge is 0.235 e. The Morgan fingerprint density at radius 3 is 2.64 bits per heavy atom. The van der Waals surface area contributed by atoms with Crippen molar-refractivity contribution in [3.63, 3.8) is 0 Å². The van der Waals surface area contributed by atoms with Gasteiger partial charge in [-0.1, -0.05) is 6.07 Å². The van der Waals surface area contributed by atoms with Crippen molar-refractivity contribution in [2.45, 2.75) is 20.4 Å². The molecule has 3 heteroatoms. The number of aliphatic imine (C=N–C) groups is 1. The number of hydrogen-bond donors (Lipinski definition) is 0. The Morgan fingerprint density at radius 2 is 2.07 bits per heavy atom. The van der Waals surface area contributed by atoms with Gasteiger partial charge in [-0.25, -0.2) is 9.79 Å². The van der Waals surface area contributed by atoms with E-state index in [4.69, 9.17) is 4.74 Å². The normalized spacial score (nSPS) is 9.36. The third kappa shape index (κ3) is 2.01. The van der Waals surface area contributed by atoms with Gasteiger partial charge in [0.05, 0.1) is 13.7 Å². The van der Waals surface area contributed by atoms with Crippen molar-refractivity contribution in [2.24, 2.45) is 4.99 Å². The molecule has 0 saturated heterocycles. The van der Waals surface area contributed by atoms with Crippen molar-refractivity contribution in [2.75, 3.05) is 7.11 Å². The minimum Gasteiger partial charge on any atom is -0.496 e. The quantitative estimate of drug-likeness (QED) is 0.542. The van der Waals surface area contributed by atoms with E-state index in [0.29, 0.717) is 6.54 Å². The molecule has 1 aromatic rings. The van der Waals surface area contributed by atoms with Gasteiger partial charge < -0.3 is 4.74 Å². The van der Waals surface area contributed by atoms with Crippen molar-refractivity contribution >= 4 is 6.08 Å². The summed E-state index contributed by atoms with van der Waals surface area (Å²) < 4.78 is 5.18. The minimum absolute atomic E-state index is 0.389. The molecule has 0 saturated carbocycles. The molecule has 0 unspecified atom stereocenters. The predicted octanol–water partition coefficient (Wildman–Crippen LogP) is 2.15. The molecule has 0 aromatic heterocycles. The maximum Gasteiger partial charge on any atom is 0.235 e. The Labute approximate surface area is 83.4 Å². The van der Waals surface area contributed by atoms with Gasteiger partial charge in [0.1, 0.15) is 5.75 Å². The molecule has 0 radical (unpaired) electrons. The summed E-state index contributed by atoms with van der Waals surface area (Å²) >= 11 is 0. The van der Waals surface area contributed by atoms with Gasteiger partial charge in [0.15, 0.2) is 0 Å². The fourth-order valence-corrected chi connectivity index (χ4v) is 1.36. The Kier molecular flexibility index (Phi) is 3.43. The molecule has 74 valence electrons. The van der Waals surface area contributed by atoms with E-state index in [1.54, 1.807) is 7.11 Å². The van der Waals surface area contributed by atoms with Crippen molar-refractivity contribution in [3.05, 3.63) is 28.8 Å². The molecule has 0 fully saturated rings. The largest absolute Gasteiger partial charge is 0.496 e. The summed E-state index contributed by atoms with van der Waals surface area (Å²) in [5.74, 6) is 0.862. The van der Waals surface area contributed by atoms with E-state index in [0.717, 1.165) is 22.4 Å². The third-order valence-electron chi connectivity index (χ3n) is 2.38. The highest BCUT2D eigenvalue weighted by molar-refractivity contribution is 5.44. The zero-order valence-corrected chi connectivity index (χ0v) is 8.63. The second-order valence-electron chi connectivity index (χ2n) is 3.08. The van der Waals surface area contributed by atoms with E-state index >= 15 is 0 Å². The van der Waals surface area contributed by atoms with E-state index in [1.165, 1.54) is 6.08 Å². The molecule has 0 amide bonds. The Bertz CT molecular complexity index is 379. The molecule has 0 heterocycles. The first-order valence-corrected chi connectivity index (χ1v) is 4.37. The standard InChI is InChI=1S/C11H13NO2/c1-8-9(2)11(14-3)5-4-10(8)6-12-7-13/h4-5H,6H2,1-3H3. The molecule has 0 atom stereocenters. The average Bonchev–Trinajstić information content (AvgIpc) is 2.20. The van der Waals surface area contributed by atoms with Gasteiger partial charge >= 0.3 is 0 Å². The zero-order chi connectivity index (χ0) is 10.6. The summed E-state index contributed by atoms with van der Waals surface area (Å²) in [7, 11) is 1.64. The molecule has 0 aliphatic heterocycles. The van der Waals surface area contributed by atoms with Crippen LogP contribution in [0.3, 0.4) is 0 Å². The zero-order valence-electron chi connectivity index (χ0n) is 8.63. The molecule has 0 spiro atoms. The number of methoxy groups -OCH3 is 1. The van der Waals surface area contributed by atoms with Crippen molar-refractivity contribution in [3.8, 4) is 5.75 Å². The second kappa shape index (κ2) is 4.58. The van der Waals surface area contributed by atoms with E-state index in [2.05, 4.69) is 4.99 Å². The van der Waals surface area contributed by atoms with Crippen molar-refractivity contribution in [1.29, 1.82) is 0 Å². The van der Waals surface area contributed by atoms with E-state index in [1.807, 2.05) is 26.0 Å². The first kappa shape index (κ1) is 10.5. The van der Waals surface area contributed by atoms with Crippen LogP contribution >= 0.6 is 0 Å². The summed E-state index contributed by atoms with van der Waals surface area (Å²) in [6.07, 6.45) is 1.54. The second-order valence-corrected chi connectivity index (χ2v) is 3.08. The SMILES string of the molecule is COc1ccc(CN=C=O)c(C)c1C. The number of ether oxygens (including phenoxy) is 1. The molecular weight excluding hydrogens is 178 g/mol. The highest BCUT2D eigenvalue weighted by atomic mass is 16.5. The monoisotopic (exact) mass is 191 g/mol. The lowest BCUT2D eigenvalue weighted by Gasteiger charge is -2.10. The lowest BCUT2D eigenvalue weighted by Crippen LogP contribution is -1.94.